The average molecular weight is 898 g/mol. The first kappa shape index (κ1) is 38.1. The minimum Gasteiger partial charge on any atom is -0.309 e. The van der Waals surface area contributed by atoms with Gasteiger partial charge >= 0.3 is 0 Å². The lowest BCUT2D eigenvalue weighted by Crippen LogP contribution is -2.28. The molecule has 0 amide bonds. The van der Waals surface area contributed by atoms with Crippen LogP contribution >= 0.6 is 0 Å². The van der Waals surface area contributed by atoms with Crippen LogP contribution in [0.3, 0.4) is 0 Å². The third-order valence-corrected chi connectivity index (χ3v) is 17.4. The van der Waals surface area contributed by atoms with E-state index in [1.165, 1.54) is 149 Å². The molecule has 4 aliphatic rings. The number of hydrogen-bond donors (Lipinski definition) is 0. The molecular formula is C70H43N. The van der Waals surface area contributed by atoms with Gasteiger partial charge < -0.3 is 4.57 Å². The Morgan fingerprint density at radius 2 is 1.04 bits per heavy atom. The van der Waals surface area contributed by atoms with Gasteiger partial charge in [-0.15, -0.1) is 0 Å². The monoisotopic (exact) mass is 897 g/mol. The van der Waals surface area contributed by atoms with Crippen LogP contribution in [0.25, 0.3) is 104 Å². The highest BCUT2D eigenvalue weighted by Gasteiger charge is 2.57. The molecular weight excluding hydrogens is 855 g/mol. The van der Waals surface area contributed by atoms with Gasteiger partial charge in [0.05, 0.1) is 16.4 Å². The summed E-state index contributed by atoms with van der Waals surface area (Å²) in [5.74, 6) is 0.309. The lowest BCUT2D eigenvalue weighted by Gasteiger charge is -2.34. The molecule has 17 rings (SSSR count). The van der Waals surface area contributed by atoms with Crippen molar-refractivity contribution in [3.05, 3.63) is 281 Å². The van der Waals surface area contributed by atoms with E-state index in [-0.39, 0.29) is 11.8 Å². The van der Waals surface area contributed by atoms with Crippen LogP contribution < -0.4 is 0 Å². The Balaban J connectivity index is 1.04. The molecule has 3 unspecified atom stereocenters. The van der Waals surface area contributed by atoms with Crippen molar-refractivity contribution in [2.75, 3.05) is 0 Å². The van der Waals surface area contributed by atoms with Crippen LogP contribution in [-0.2, 0) is 11.8 Å². The molecule has 1 nitrogen and oxygen atoms in total. The van der Waals surface area contributed by atoms with Gasteiger partial charge in [-0.2, -0.15) is 0 Å². The summed E-state index contributed by atoms with van der Waals surface area (Å²) in [6, 6.07) is 91.1. The Morgan fingerprint density at radius 3 is 1.89 bits per heavy atom. The number of rotatable bonds is 3. The van der Waals surface area contributed by atoms with Crippen molar-refractivity contribution >= 4 is 54.1 Å². The number of fused-ring (bicyclic) bond motifs is 15. The van der Waals surface area contributed by atoms with E-state index in [1.54, 1.807) is 0 Å². The second-order valence-electron chi connectivity index (χ2n) is 20.5. The second kappa shape index (κ2) is 13.7. The molecule has 4 aliphatic carbocycles. The summed E-state index contributed by atoms with van der Waals surface area (Å²) in [4.78, 5) is 0. The van der Waals surface area contributed by atoms with Gasteiger partial charge in [0.15, 0.2) is 0 Å². The quantitative estimate of drug-likeness (QED) is 0.156. The lowest BCUT2D eigenvalue weighted by atomic mass is 9.67. The van der Waals surface area contributed by atoms with Gasteiger partial charge in [-0.3, -0.25) is 0 Å². The van der Waals surface area contributed by atoms with Crippen LogP contribution in [0.4, 0.5) is 0 Å². The number of hydrogen-bond acceptors (Lipinski definition) is 0. The first-order chi connectivity index (χ1) is 35.2. The maximum Gasteiger partial charge on any atom is 0.0749 e. The third-order valence-electron chi connectivity index (χ3n) is 17.4. The van der Waals surface area contributed by atoms with Crippen LogP contribution in [0.2, 0.25) is 0 Å². The van der Waals surface area contributed by atoms with Gasteiger partial charge in [-0.1, -0.05) is 206 Å². The molecule has 0 radical (unpaired) electrons. The molecule has 2 bridgehead atoms. The molecule has 13 aromatic rings. The zero-order chi connectivity index (χ0) is 46.1. The van der Waals surface area contributed by atoms with Crippen LogP contribution in [0.1, 0.15) is 56.3 Å². The molecule has 0 saturated heterocycles. The van der Waals surface area contributed by atoms with E-state index in [0.717, 1.165) is 6.42 Å². The summed E-state index contributed by atoms with van der Waals surface area (Å²) < 4.78 is 2.62. The predicted octanol–water partition coefficient (Wildman–Crippen LogP) is 17.7. The van der Waals surface area contributed by atoms with Gasteiger partial charge in [0.25, 0.3) is 0 Å². The Bertz CT molecular complexity index is 4450. The standard InChI is InChI=1S/C70H43N/c1-2-20-47(21-3-1)71-63-36-30-45(64-50-24-10-6-16-42(50)37-43-17-7-11-25-51(43)64)39-59(63)58-35-34-57-54-31-29-46-40-62(54)70(68(57)69(58)71)61-28-13-12-26-53(61)56-33-32-55-49-23-9-5-18-44(49)38-60(65(46)66(55)67(56)70)52-27-14-19-41-15-4-8-22-48(41)52/h1-37,39-40,60,65H,38H2. The topological polar surface area (TPSA) is 4.93 Å². The van der Waals surface area contributed by atoms with E-state index in [9.17, 15) is 0 Å². The second-order valence-corrected chi connectivity index (χ2v) is 20.5. The van der Waals surface area contributed by atoms with E-state index < -0.39 is 5.41 Å². The molecule has 71 heavy (non-hydrogen) atoms. The number of para-hydroxylation sites is 1. The molecule has 328 valence electrons. The summed E-state index contributed by atoms with van der Waals surface area (Å²) in [7, 11) is 0. The van der Waals surface area contributed by atoms with Gasteiger partial charge in [0, 0.05) is 27.9 Å². The Morgan fingerprint density at radius 1 is 0.394 bits per heavy atom. The maximum absolute atomic E-state index is 2.68. The molecule has 0 saturated carbocycles. The van der Waals surface area contributed by atoms with Gasteiger partial charge in [0.2, 0.25) is 0 Å². The molecule has 1 heterocycles. The Labute approximate surface area is 411 Å². The molecule has 3 atom stereocenters. The van der Waals surface area contributed by atoms with Crippen molar-refractivity contribution in [3.8, 4) is 50.2 Å². The van der Waals surface area contributed by atoms with E-state index in [2.05, 4.69) is 241 Å². The fourth-order valence-electron chi connectivity index (χ4n) is 14.8. The lowest BCUT2D eigenvalue weighted by molar-refractivity contribution is 0.608. The third kappa shape index (κ3) is 4.77. The molecule has 0 fully saturated rings. The number of aromatic nitrogens is 1. The SMILES string of the molecule is c1ccc(-n2c3ccc(-c4c5ccccc5cc5ccccc45)cc3c3ccc4c(c32)C23c5ccccc5-c5ccc6c(c52)C(c2ccc-4c3c2)C(c2cccc3ccccc23)Cc2ccccc2-6)cc1. The normalized spacial score (nSPS) is 17.6. The molecule has 1 spiro atoms. The maximum atomic E-state index is 2.68. The first-order valence-electron chi connectivity index (χ1n) is 25.3. The summed E-state index contributed by atoms with van der Waals surface area (Å²) in [5.41, 5.74) is 25.2. The van der Waals surface area contributed by atoms with Crippen LogP contribution in [-0.4, -0.2) is 4.57 Å². The summed E-state index contributed by atoms with van der Waals surface area (Å²) in [6.07, 6.45) is 0.951. The van der Waals surface area contributed by atoms with Crippen LogP contribution in [0, 0.1) is 0 Å². The highest BCUT2D eigenvalue weighted by Crippen LogP contribution is 2.69. The first-order valence-corrected chi connectivity index (χ1v) is 25.3. The molecule has 1 heteroatoms. The molecule has 12 aromatic carbocycles. The number of benzene rings is 12. The van der Waals surface area contributed by atoms with Crippen molar-refractivity contribution in [2.45, 2.75) is 23.7 Å². The molecule has 0 aliphatic heterocycles. The van der Waals surface area contributed by atoms with Crippen molar-refractivity contribution in [1.29, 1.82) is 0 Å². The minimum absolute atomic E-state index is 0.112. The van der Waals surface area contributed by atoms with Gasteiger partial charge in [0.1, 0.15) is 0 Å². The average Bonchev–Trinajstić information content (AvgIpc) is 3.99. The van der Waals surface area contributed by atoms with E-state index >= 15 is 0 Å². The van der Waals surface area contributed by atoms with E-state index in [0.29, 0.717) is 0 Å². The van der Waals surface area contributed by atoms with Gasteiger partial charge in [-0.05, 0) is 158 Å². The smallest absolute Gasteiger partial charge is 0.0749 e. The largest absolute Gasteiger partial charge is 0.309 e. The van der Waals surface area contributed by atoms with Gasteiger partial charge in [-0.25, -0.2) is 0 Å². The minimum atomic E-state index is -0.579. The van der Waals surface area contributed by atoms with E-state index in [4.69, 9.17) is 0 Å². The summed E-state index contributed by atoms with van der Waals surface area (Å²) >= 11 is 0. The zero-order valence-electron chi connectivity index (χ0n) is 38.8. The Kier molecular flexibility index (Phi) is 7.36. The van der Waals surface area contributed by atoms with Crippen molar-refractivity contribution in [1.82, 2.24) is 4.57 Å². The van der Waals surface area contributed by atoms with Crippen LogP contribution in [0.15, 0.2) is 237 Å². The van der Waals surface area contributed by atoms with Crippen molar-refractivity contribution in [2.24, 2.45) is 0 Å². The van der Waals surface area contributed by atoms with E-state index in [1.807, 2.05) is 0 Å². The fourth-order valence-corrected chi connectivity index (χ4v) is 14.8. The van der Waals surface area contributed by atoms with Crippen molar-refractivity contribution < 1.29 is 0 Å². The highest BCUT2D eigenvalue weighted by molar-refractivity contribution is 6.18. The zero-order valence-corrected chi connectivity index (χ0v) is 38.8. The Hall–Kier alpha value is -8.78. The van der Waals surface area contributed by atoms with Crippen LogP contribution in [0.5, 0.6) is 0 Å². The summed E-state index contributed by atoms with van der Waals surface area (Å²) in [6.45, 7) is 0. The predicted molar refractivity (Wildman–Crippen MR) is 295 cm³/mol. The van der Waals surface area contributed by atoms with Crippen molar-refractivity contribution in [3.63, 3.8) is 0 Å². The highest BCUT2D eigenvalue weighted by atomic mass is 15.0. The fraction of sp³-hybridized carbons (Fsp3) is 0.0571. The number of nitrogens with zero attached hydrogens (tertiary/aromatic N) is 1. The molecule has 0 N–H and O–H groups in total. The molecule has 1 aromatic heterocycles. The summed E-state index contributed by atoms with van der Waals surface area (Å²) in [5, 5.41) is 10.3.